The lowest BCUT2D eigenvalue weighted by Crippen LogP contribution is -2.22. The van der Waals surface area contributed by atoms with Gasteiger partial charge in [-0.3, -0.25) is 4.79 Å². The van der Waals surface area contributed by atoms with Crippen molar-refractivity contribution in [3.8, 4) is 17.2 Å². The first-order chi connectivity index (χ1) is 11.4. The van der Waals surface area contributed by atoms with Crippen molar-refractivity contribution >= 4 is 11.6 Å². The number of nitrogens with one attached hydrogen (secondary N) is 1. The Morgan fingerprint density at radius 3 is 2.50 bits per heavy atom. The Labute approximate surface area is 141 Å². The van der Waals surface area contributed by atoms with Crippen LogP contribution in [0.1, 0.15) is 26.3 Å². The third kappa shape index (κ3) is 4.19. The van der Waals surface area contributed by atoms with Crippen LogP contribution in [0.2, 0.25) is 0 Å². The maximum Gasteiger partial charge on any atom is 0.231 e. The monoisotopic (exact) mass is 327 g/mol. The highest BCUT2D eigenvalue weighted by atomic mass is 16.7. The molecule has 2 aromatic rings. The van der Waals surface area contributed by atoms with Crippen LogP contribution < -0.4 is 19.5 Å². The van der Waals surface area contributed by atoms with Crippen LogP contribution in [0.25, 0.3) is 0 Å². The van der Waals surface area contributed by atoms with Gasteiger partial charge in [-0.25, -0.2) is 0 Å². The van der Waals surface area contributed by atoms with E-state index in [1.807, 2.05) is 45.0 Å². The van der Waals surface area contributed by atoms with Gasteiger partial charge >= 0.3 is 0 Å². The predicted molar refractivity (Wildman–Crippen MR) is 91.7 cm³/mol. The van der Waals surface area contributed by atoms with Crippen LogP contribution in [0.3, 0.4) is 0 Å². The maximum absolute atomic E-state index is 12.2. The zero-order chi connectivity index (χ0) is 17.2. The smallest absolute Gasteiger partial charge is 0.231 e. The van der Waals surface area contributed by atoms with Crippen LogP contribution >= 0.6 is 0 Å². The summed E-state index contributed by atoms with van der Waals surface area (Å²) in [5.74, 6) is 2.06. The van der Waals surface area contributed by atoms with E-state index in [4.69, 9.17) is 14.2 Å². The van der Waals surface area contributed by atoms with Crippen LogP contribution in [0.5, 0.6) is 17.2 Å². The summed E-state index contributed by atoms with van der Waals surface area (Å²) in [7, 11) is 0. The molecule has 1 N–H and O–H groups in total. The number of ether oxygens (including phenoxy) is 3. The average Bonchev–Trinajstić information content (AvgIpc) is 2.95. The number of amides is 1. The molecule has 1 amide bonds. The molecule has 0 saturated heterocycles. The van der Waals surface area contributed by atoms with Crippen molar-refractivity contribution < 1.29 is 19.0 Å². The van der Waals surface area contributed by atoms with E-state index in [1.54, 1.807) is 18.2 Å². The third-order valence-corrected chi connectivity index (χ3v) is 3.37. The maximum atomic E-state index is 12.2. The number of benzene rings is 2. The van der Waals surface area contributed by atoms with Crippen LogP contribution in [0.4, 0.5) is 5.69 Å². The normalized spacial score (nSPS) is 12.8. The molecule has 24 heavy (non-hydrogen) atoms. The zero-order valence-corrected chi connectivity index (χ0v) is 14.1. The van der Waals surface area contributed by atoms with Crippen LogP contribution in [-0.2, 0) is 11.2 Å². The first-order valence-electron chi connectivity index (χ1n) is 7.86. The Hall–Kier alpha value is -2.69. The molecule has 0 bridgehead atoms. The topological polar surface area (TPSA) is 56.8 Å². The standard InChI is InChI=1S/C19H21NO4/c1-19(2,3)24-15-7-4-13(5-8-15)10-18(21)20-14-6-9-16-17(11-14)23-12-22-16/h4-9,11H,10,12H2,1-3H3,(H,20,21). The van der Waals surface area contributed by atoms with E-state index in [0.717, 1.165) is 11.3 Å². The zero-order valence-electron chi connectivity index (χ0n) is 14.1. The fraction of sp³-hybridized carbons (Fsp3) is 0.316. The van der Waals surface area contributed by atoms with Gasteiger partial charge in [-0.05, 0) is 50.6 Å². The number of anilines is 1. The Kier molecular flexibility index (Phi) is 4.34. The molecule has 3 rings (SSSR count). The molecular formula is C19H21NO4. The molecule has 0 aromatic heterocycles. The molecule has 0 radical (unpaired) electrons. The lowest BCUT2D eigenvalue weighted by Gasteiger charge is -2.21. The van der Waals surface area contributed by atoms with Gasteiger partial charge in [0.15, 0.2) is 11.5 Å². The lowest BCUT2D eigenvalue weighted by molar-refractivity contribution is -0.115. The van der Waals surface area contributed by atoms with Crippen molar-refractivity contribution in [3.05, 3.63) is 48.0 Å². The number of hydrogen-bond donors (Lipinski definition) is 1. The molecule has 0 aliphatic carbocycles. The Morgan fingerprint density at radius 1 is 1.08 bits per heavy atom. The summed E-state index contributed by atoms with van der Waals surface area (Å²) < 4.78 is 16.3. The van der Waals surface area contributed by atoms with E-state index in [0.29, 0.717) is 23.6 Å². The molecule has 2 aromatic carbocycles. The fourth-order valence-electron chi connectivity index (χ4n) is 2.39. The Morgan fingerprint density at radius 2 is 1.79 bits per heavy atom. The predicted octanol–water partition coefficient (Wildman–Crippen LogP) is 3.77. The van der Waals surface area contributed by atoms with Crippen LogP contribution in [-0.4, -0.2) is 18.3 Å². The van der Waals surface area contributed by atoms with E-state index in [-0.39, 0.29) is 18.3 Å². The summed E-state index contributed by atoms with van der Waals surface area (Å²) in [6.07, 6.45) is 0.296. The summed E-state index contributed by atoms with van der Waals surface area (Å²) in [5.41, 5.74) is 1.38. The average molecular weight is 327 g/mol. The van der Waals surface area contributed by atoms with Crippen molar-refractivity contribution in [2.24, 2.45) is 0 Å². The Balaban J connectivity index is 1.58. The van der Waals surface area contributed by atoms with E-state index < -0.39 is 0 Å². The quantitative estimate of drug-likeness (QED) is 0.928. The molecule has 1 heterocycles. The van der Waals surface area contributed by atoms with Gasteiger partial charge < -0.3 is 19.5 Å². The SMILES string of the molecule is CC(C)(C)Oc1ccc(CC(=O)Nc2ccc3c(c2)OCO3)cc1. The first-order valence-corrected chi connectivity index (χ1v) is 7.86. The minimum Gasteiger partial charge on any atom is -0.488 e. The summed E-state index contributed by atoms with van der Waals surface area (Å²) in [4.78, 5) is 12.2. The second-order valence-electron chi connectivity index (χ2n) is 6.65. The van der Waals surface area contributed by atoms with Gasteiger partial charge in [0.25, 0.3) is 0 Å². The summed E-state index contributed by atoms with van der Waals surface area (Å²) in [6.45, 7) is 6.22. The second-order valence-corrected chi connectivity index (χ2v) is 6.65. The molecule has 1 aliphatic heterocycles. The van der Waals surface area contributed by atoms with Crippen molar-refractivity contribution in [1.82, 2.24) is 0 Å². The molecule has 5 nitrogen and oxygen atoms in total. The van der Waals surface area contributed by atoms with Crippen molar-refractivity contribution in [3.63, 3.8) is 0 Å². The highest BCUT2D eigenvalue weighted by Crippen LogP contribution is 2.34. The van der Waals surface area contributed by atoms with Gasteiger partial charge in [-0.1, -0.05) is 12.1 Å². The molecule has 5 heteroatoms. The van der Waals surface area contributed by atoms with Gasteiger partial charge in [0.2, 0.25) is 12.7 Å². The van der Waals surface area contributed by atoms with E-state index in [1.165, 1.54) is 0 Å². The van der Waals surface area contributed by atoms with E-state index >= 15 is 0 Å². The first kappa shape index (κ1) is 16.2. The van der Waals surface area contributed by atoms with Gasteiger partial charge in [-0.15, -0.1) is 0 Å². The molecular weight excluding hydrogens is 306 g/mol. The molecule has 0 fully saturated rings. The number of hydrogen-bond acceptors (Lipinski definition) is 4. The highest BCUT2D eigenvalue weighted by Gasteiger charge is 2.15. The number of carbonyl (C=O) groups excluding carboxylic acids is 1. The lowest BCUT2D eigenvalue weighted by atomic mass is 10.1. The van der Waals surface area contributed by atoms with Gasteiger partial charge in [0.05, 0.1) is 6.42 Å². The Bertz CT molecular complexity index is 732. The molecule has 0 saturated carbocycles. The van der Waals surface area contributed by atoms with Crippen molar-refractivity contribution in [1.29, 1.82) is 0 Å². The number of rotatable bonds is 4. The van der Waals surface area contributed by atoms with Gasteiger partial charge in [0, 0.05) is 11.8 Å². The van der Waals surface area contributed by atoms with E-state index in [9.17, 15) is 4.79 Å². The number of carbonyl (C=O) groups is 1. The van der Waals surface area contributed by atoms with Crippen LogP contribution in [0.15, 0.2) is 42.5 Å². The summed E-state index contributed by atoms with van der Waals surface area (Å²) in [5, 5.41) is 2.87. The number of fused-ring (bicyclic) bond motifs is 1. The molecule has 126 valence electrons. The summed E-state index contributed by atoms with van der Waals surface area (Å²) in [6, 6.07) is 12.9. The van der Waals surface area contributed by atoms with Crippen molar-refractivity contribution in [2.75, 3.05) is 12.1 Å². The second kappa shape index (κ2) is 6.43. The minimum absolute atomic E-state index is 0.0849. The van der Waals surface area contributed by atoms with Gasteiger partial charge in [0.1, 0.15) is 11.4 Å². The third-order valence-electron chi connectivity index (χ3n) is 3.37. The largest absolute Gasteiger partial charge is 0.488 e. The highest BCUT2D eigenvalue weighted by molar-refractivity contribution is 5.92. The minimum atomic E-state index is -0.238. The van der Waals surface area contributed by atoms with Crippen LogP contribution in [0, 0.1) is 0 Å². The van der Waals surface area contributed by atoms with Crippen molar-refractivity contribution in [2.45, 2.75) is 32.8 Å². The molecule has 1 aliphatic rings. The van der Waals surface area contributed by atoms with E-state index in [2.05, 4.69) is 5.32 Å². The molecule has 0 spiro atoms. The van der Waals surface area contributed by atoms with Gasteiger partial charge in [-0.2, -0.15) is 0 Å². The fourth-order valence-corrected chi connectivity index (χ4v) is 2.39. The summed E-state index contributed by atoms with van der Waals surface area (Å²) >= 11 is 0. The molecule has 0 atom stereocenters. The molecule has 0 unspecified atom stereocenters.